The molecular weight excluding hydrogens is 512 g/mol. The molecular formula is C30H32N4O4S. The predicted octanol–water partition coefficient (Wildman–Crippen LogP) is 4.62. The number of aryl methyl sites for hydroxylation is 2. The van der Waals surface area contributed by atoms with Crippen molar-refractivity contribution in [3.63, 3.8) is 0 Å². The molecule has 0 radical (unpaired) electrons. The molecule has 5 rings (SSSR count). The van der Waals surface area contributed by atoms with E-state index in [0.717, 1.165) is 36.3 Å². The quantitative estimate of drug-likeness (QED) is 0.365. The molecule has 1 N–H and O–H groups in total. The van der Waals surface area contributed by atoms with Gasteiger partial charge in [-0.05, 0) is 66.9 Å². The smallest absolute Gasteiger partial charge is 0.264 e. The Morgan fingerprint density at radius 3 is 2.44 bits per heavy atom. The molecule has 0 aliphatic carbocycles. The van der Waals surface area contributed by atoms with Gasteiger partial charge >= 0.3 is 0 Å². The molecule has 39 heavy (non-hydrogen) atoms. The number of nitrogens with one attached hydrogen (secondary N) is 1. The van der Waals surface area contributed by atoms with Crippen LogP contribution < -0.4 is 9.46 Å². The van der Waals surface area contributed by atoms with E-state index in [4.69, 9.17) is 4.74 Å². The molecule has 9 heteroatoms. The summed E-state index contributed by atoms with van der Waals surface area (Å²) in [6.07, 6.45) is 1.58. The summed E-state index contributed by atoms with van der Waals surface area (Å²) in [5.41, 5.74) is 4.39. The van der Waals surface area contributed by atoms with Crippen LogP contribution >= 0.6 is 0 Å². The Hall–Kier alpha value is -3.95. The van der Waals surface area contributed by atoms with Crippen LogP contribution in [0.4, 0.5) is 5.69 Å². The molecule has 1 aliphatic heterocycles. The van der Waals surface area contributed by atoms with Crippen LogP contribution in [0.3, 0.4) is 0 Å². The van der Waals surface area contributed by atoms with Gasteiger partial charge in [0.1, 0.15) is 10.6 Å². The number of methoxy groups -OCH3 is 1. The number of aromatic nitrogens is 1. The maximum absolute atomic E-state index is 13.2. The van der Waals surface area contributed by atoms with Gasteiger partial charge in [-0.1, -0.05) is 30.3 Å². The summed E-state index contributed by atoms with van der Waals surface area (Å²) >= 11 is 0. The zero-order valence-corrected chi connectivity index (χ0v) is 23.2. The van der Waals surface area contributed by atoms with Crippen molar-refractivity contribution in [2.75, 3.05) is 38.0 Å². The minimum Gasteiger partial charge on any atom is -0.496 e. The van der Waals surface area contributed by atoms with Gasteiger partial charge < -0.3 is 9.64 Å². The highest BCUT2D eigenvalue weighted by Crippen LogP contribution is 2.26. The van der Waals surface area contributed by atoms with E-state index in [-0.39, 0.29) is 10.8 Å². The van der Waals surface area contributed by atoms with Gasteiger partial charge in [0.2, 0.25) is 0 Å². The van der Waals surface area contributed by atoms with Gasteiger partial charge in [-0.25, -0.2) is 8.42 Å². The van der Waals surface area contributed by atoms with Crippen LogP contribution in [0.25, 0.3) is 10.9 Å². The Morgan fingerprint density at radius 2 is 1.72 bits per heavy atom. The molecule has 202 valence electrons. The van der Waals surface area contributed by atoms with E-state index < -0.39 is 10.0 Å². The first kappa shape index (κ1) is 26.6. The number of benzene rings is 3. The Morgan fingerprint density at radius 1 is 0.949 bits per heavy atom. The molecule has 0 unspecified atom stereocenters. The number of hydrogen-bond acceptors (Lipinski definition) is 6. The molecule has 0 bridgehead atoms. The molecule has 1 aromatic heterocycles. The lowest BCUT2D eigenvalue weighted by molar-refractivity contribution is 0.0628. The van der Waals surface area contributed by atoms with Crippen LogP contribution in [-0.4, -0.2) is 62.4 Å². The molecule has 4 aromatic rings. The largest absolute Gasteiger partial charge is 0.496 e. The molecule has 0 saturated carbocycles. The third-order valence-corrected chi connectivity index (χ3v) is 8.52. The SMILES string of the molecule is COc1ccc(CN2CCN(C(=O)c3ccc(NS(=O)(=O)c4cccc5cccnc45)c(C)c3)CC2)cc1C. The minimum absolute atomic E-state index is 0.0503. The van der Waals surface area contributed by atoms with Crippen molar-refractivity contribution in [2.24, 2.45) is 0 Å². The Kier molecular flexibility index (Phi) is 7.54. The molecule has 2 heterocycles. The first-order chi connectivity index (χ1) is 18.7. The lowest BCUT2D eigenvalue weighted by atomic mass is 10.1. The summed E-state index contributed by atoms with van der Waals surface area (Å²) in [5.74, 6) is 0.833. The van der Waals surface area contributed by atoms with Crippen molar-refractivity contribution in [1.82, 2.24) is 14.8 Å². The Bertz CT molecular complexity index is 1620. The molecule has 0 spiro atoms. The molecule has 3 aromatic carbocycles. The van der Waals surface area contributed by atoms with E-state index in [1.165, 1.54) is 5.56 Å². The normalized spacial score (nSPS) is 14.4. The van der Waals surface area contributed by atoms with Gasteiger partial charge in [-0.2, -0.15) is 0 Å². The zero-order valence-electron chi connectivity index (χ0n) is 22.3. The highest BCUT2D eigenvalue weighted by molar-refractivity contribution is 7.93. The van der Waals surface area contributed by atoms with Gasteiger partial charge in [-0.15, -0.1) is 0 Å². The number of amides is 1. The van der Waals surface area contributed by atoms with Gasteiger partial charge in [-0.3, -0.25) is 19.4 Å². The van der Waals surface area contributed by atoms with Crippen LogP contribution in [0.15, 0.2) is 77.8 Å². The van der Waals surface area contributed by atoms with Gasteiger partial charge in [0.15, 0.2) is 0 Å². The number of hydrogen-bond donors (Lipinski definition) is 1. The highest BCUT2D eigenvalue weighted by Gasteiger charge is 2.24. The van der Waals surface area contributed by atoms with Crippen LogP contribution in [0.5, 0.6) is 5.75 Å². The van der Waals surface area contributed by atoms with E-state index in [2.05, 4.69) is 26.7 Å². The monoisotopic (exact) mass is 544 g/mol. The summed E-state index contributed by atoms with van der Waals surface area (Å²) in [6, 6.07) is 20.0. The molecule has 8 nitrogen and oxygen atoms in total. The molecule has 1 aliphatic rings. The average molecular weight is 545 g/mol. The van der Waals surface area contributed by atoms with Crippen LogP contribution in [-0.2, 0) is 16.6 Å². The van der Waals surface area contributed by atoms with E-state index >= 15 is 0 Å². The number of sulfonamides is 1. The average Bonchev–Trinajstić information content (AvgIpc) is 2.94. The van der Waals surface area contributed by atoms with Gasteiger partial charge in [0.05, 0.1) is 18.3 Å². The second-order valence-electron chi connectivity index (χ2n) is 9.84. The fourth-order valence-corrected chi connectivity index (χ4v) is 6.30. The van der Waals surface area contributed by atoms with Crippen molar-refractivity contribution in [3.05, 3.63) is 95.2 Å². The predicted molar refractivity (Wildman–Crippen MR) is 153 cm³/mol. The zero-order chi connectivity index (χ0) is 27.6. The van der Waals surface area contributed by atoms with E-state index in [9.17, 15) is 13.2 Å². The molecule has 1 amide bonds. The number of carbonyl (C=O) groups excluding carboxylic acids is 1. The number of anilines is 1. The van der Waals surface area contributed by atoms with Gasteiger partial charge in [0.25, 0.3) is 15.9 Å². The Balaban J connectivity index is 1.23. The highest BCUT2D eigenvalue weighted by atomic mass is 32.2. The first-order valence-corrected chi connectivity index (χ1v) is 14.4. The number of ether oxygens (including phenoxy) is 1. The number of rotatable bonds is 7. The van der Waals surface area contributed by atoms with Crippen molar-refractivity contribution in [2.45, 2.75) is 25.3 Å². The minimum atomic E-state index is -3.88. The summed E-state index contributed by atoms with van der Waals surface area (Å²) in [5, 5.41) is 0.747. The van der Waals surface area contributed by atoms with Crippen LogP contribution in [0.1, 0.15) is 27.0 Å². The Labute approximate surface area is 229 Å². The van der Waals surface area contributed by atoms with Crippen LogP contribution in [0, 0.1) is 13.8 Å². The fourth-order valence-electron chi connectivity index (χ4n) is 4.99. The maximum Gasteiger partial charge on any atom is 0.264 e. The maximum atomic E-state index is 13.2. The summed E-state index contributed by atoms with van der Waals surface area (Å²) in [6.45, 7) is 7.50. The topological polar surface area (TPSA) is 91.8 Å². The fraction of sp³-hybridized carbons (Fsp3) is 0.267. The number of para-hydroxylation sites is 1. The summed E-state index contributed by atoms with van der Waals surface area (Å²) < 4.78 is 34.4. The number of piperazine rings is 1. The lowest BCUT2D eigenvalue weighted by Gasteiger charge is -2.35. The van der Waals surface area contributed by atoms with Gasteiger partial charge in [0, 0.05) is 49.9 Å². The summed E-state index contributed by atoms with van der Waals surface area (Å²) in [7, 11) is -2.20. The van der Waals surface area contributed by atoms with Crippen molar-refractivity contribution in [3.8, 4) is 5.75 Å². The third kappa shape index (κ3) is 5.74. The second-order valence-corrected chi connectivity index (χ2v) is 11.5. The van der Waals surface area contributed by atoms with E-state index in [1.54, 1.807) is 56.6 Å². The van der Waals surface area contributed by atoms with Crippen LogP contribution in [0.2, 0.25) is 0 Å². The molecule has 1 fully saturated rings. The number of pyridine rings is 1. The first-order valence-electron chi connectivity index (χ1n) is 12.9. The van der Waals surface area contributed by atoms with E-state index in [1.807, 2.05) is 30.0 Å². The van der Waals surface area contributed by atoms with Crippen molar-refractivity contribution in [1.29, 1.82) is 0 Å². The molecule has 1 saturated heterocycles. The summed E-state index contributed by atoms with van der Waals surface area (Å²) in [4.78, 5) is 21.8. The lowest BCUT2D eigenvalue weighted by Crippen LogP contribution is -2.48. The van der Waals surface area contributed by atoms with E-state index in [0.29, 0.717) is 35.4 Å². The second kappa shape index (κ2) is 11.0. The molecule has 0 atom stereocenters. The van der Waals surface area contributed by atoms with Crippen molar-refractivity contribution < 1.29 is 17.9 Å². The van der Waals surface area contributed by atoms with Crippen molar-refractivity contribution >= 4 is 32.5 Å². The number of nitrogens with zero attached hydrogens (tertiary/aromatic N) is 3. The third-order valence-electron chi connectivity index (χ3n) is 7.13. The standard InChI is InChI=1S/C30H32N4O4S/c1-21-19-25(10-11-26(21)32-39(36,37)28-8-4-6-24-7-5-13-31-29(24)28)30(35)34-16-14-33(15-17-34)20-23-9-12-27(38-3)22(2)18-23/h4-13,18-19,32H,14-17,20H2,1-3H3. The number of fused-ring (bicyclic) bond motifs is 1. The number of carbonyl (C=O) groups is 1.